The monoisotopic (exact) mass is 460 g/mol. The van der Waals surface area contributed by atoms with Gasteiger partial charge in [-0.3, -0.25) is 20.3 Å². The first-order valence-corrected chi connectivity index (χ1v) is 10.7. The van der Waals surface area contributed by atoms with Crippen LogP contribution in [0.1, 0.15) is 12.5 Å². The third-order valence-corrected chi connectivity index (χ3v) is 5.96. The van der Waals surface area contributed by atoms with E-state index in [1.807, 2.05) is 0 Å². The smallest absolute Gasteiger partial charge is 0.270 e. The number of aromatic hydroxyl groups is 1. The number of hydrogen-bond donors (Lipinski definition) is 3. The number of nitro benzene ring substituents is 1. The first kappa shape index (κ1) is 22.1. The topological polar surface area (TPSA) is 134 Å². The number of para-hydroxylation sites is 2. The lowest BCUT2D eigenvalue weighted by Crippen LogP contribution is -2.15. The number of phenols is 1. The molecule has 0 heterocycles. The minimum Gasteiger partial charge on any atom is -0.507 e. The molecule has 3 N–H and O–H groups in total. The van der Waals surface area contributed by atoms with Gasteiger partial charge in [-0.2, -0.15) is 5.10 Å². The standard InChI is InChI=1S/C20H17ClN4O5S/c1-13(15-6-2-5-9-19(15)26)22-23-18-11-10-14(25(27)28)12-20(18)31(29,30)24-17-8-4-3-7-16(17)21/h2-12,23-24,26H,1H3. The van der Waals surface area contributed by atoms with Crippen LogP contribution in [0.4, 0.5) is 17.1 Å². The van der Waals surface area contributed by atoms with Gasteiger partial charge in [0.1, 0.15) is 10.6 Å². The highest BCUT2D eigenvalue weighted by Gasteiger charge is 2.23. The number of non-ortho nitro benzene ring substituents is 1. The van der Waals surface area contributed by atoms with Crippen LogP contribution in [0.15, 0.2) is 76.7 Å². The highest BCUT2D eigenvalue weighted by molar-refractivity contribution is 7.93. The average Bonchev–Trinajstić information content (AvgIpc) is 2.73. The Hall–Kier alpha value is -3.63. The predicted molar refractivity (Wildman–Crippen MR) is 119 cm³/mol. The largest absolute Gasteiger partial charge is 0.507 e. The van der Waals surface area contributed by atoms with Crippen molar-refractivity contribution >= 4 is 44.4 Å². The van der Waals surface area contributed by atoms with Crippen molar-refractivity contribution in [2.24, 2.45) is 5.10 Å². The fraction of sp³-hybridized carbons (Fsp3) is 0.0500. The summed E-state index contributed by atoms with van der Waals surface area (Å²) in [4.78, 5) is 10.1. The second kappa shape index (κ2) is 9.02. The van der Waals surface area contributed by atoms with Crippen molar-refractivity contribution in [3.05, 3.63) is 87.4 Å². The van der Waals surface area contributed by atoms with Gasteiger partial charge in [0.25, 0.3) is 15.7 Å². The molecule has 0 bridgehead atoms. The molecule has 0 aliphatic rings. The number of sulfonamides is 1. The summed E-state index contributed by atoms with van der Waals surface area (Å²) in [5.74, 6) is 0.00230. The van der Waals surface area contributed by atoms with Crippen molar-refractivity contribution in [3.63, 3.8) is 0 Å². The normalized spacial score (nSPS) is 11.7. The van der Waals surface area contributed by atoms with Gasteiger partial charge >= 0.3 is 0 Å². The Balaban J connectivity index is 2.02. The van der Waals surface area contributed by atoms with Gasteiger partial charge in [0.2, 0.25) is 0 Å². The number of anilines is 2. The number of halogens is 1. The van der Waals surface area contributed by atoms with E-state index >= 15 is 0 Å². The zero-order valence-electron chi connectivity index (χ0n) is 16.1. The highest BCUT2D eigenvalue weighted by Crippen LogP contribution is 2.30. The number of benzene rings is 3. The van der Waals surface area contributed by atoms with E-state index < -0.39 is 25.5 Å². The molecule has 11 heteroatoms. The molecular weight excluding hydrogens is 444 g/mol. The van der Waals surface area contributed by atoms with Crippen LogP contribution in [0.5, 0.6) is 5.75 Å². The van der Waals surface area contributed by atoms with Gasteiger partial charge in [-0.05, 0) is 37.3 Å². The molecule has 31 heavy (non-hydrogen) atoms. The van der Waals surface area contributed by atoms with Crippen LogP contribution in [-0.2, 0) is 10.0 Å². The van der Waals surface area contributed by atoms with E-state index in [1.54, 1.807) is 37.3 Å². The second-order valence-corrected chi connectivity index (χ2v) is 8.41. The maximum absolute atomic E-state index is 13.0. The molecule has 0 amide bonds. The third-order valence-electron chi connectivity index (χ3n) is 4.22. The first-order chi connectivity index (χ1) is 14.7. The minimum absolute atomic E-state index is 0.0000699. The quantitative estimate of drug-likeness (QED) is 0.268. The van der Waals surface area contributed by atoms with Crippen molar-refractivity contribution in [1.29, 1.82) is 0 Å². The van der Waals surface area contributed by atoms with Crippen LogP contribution < -0.4 is 10.1 Å². The Labute approximate surface area is 183 Å². The molecule has 160 valence electrons. The fourth-order valence-electron chi connectivity index (χ4n) is 2.67. The van der Waals surface area contributed by atoms with E-state index in [0.29, 0.717) is 11.3 Å². The van der Waals surface area contributed by atoms with Gasteiger partial charge in [0.15, 0.2) is 0 Å². The first-order valence-electron chi connectivity index (χ1n) is 8.83. The molecule has 0 fully saturated rings. The van der Waals surface area contributed by atoms with Crippen molar-refractivity contribution < 1.29 is 18.4 Å². The maximum atomic E-state index is 13.0. The number of phenolic OH excluding ortho intramolecular Hbond substituents is 1. The molecule has 0 aromatic heterocycles. The van der Waals surface area contributed by atoms with E-state index in [4.69, 9.17) is 11.6 Å². The van der Waals surface area contributed by atoms with E-state index in [-0.39, 0.29) is 22.1 Å². The second-order valence-electron chi connectivity index (χ2n) is 6.35. The molecule has 0 aliphatic heterocycles. The number of hydrogen-bond acceptors (Lipinski definition) is 7. The summed E-state index contributed by atoms with van der Waals surface area (Å²) in [7, 11) is -4.26. The summed E-state index contributed by atoms with van der Waals surface area (Å²) in [6.07, 6.45) is 0. The third kappa shape index (κ3) is 5.11. The molecule has 0 spiro atoms. The average molecular weight is 461 g/mol. The Bertz CT molecular complexity index is 1280. The molecular formula is C20H17ClN4O5S. The minimum atomic E-state index is -4.26. The van der Waals surface area contributed by atoms with Gasteiger partial charge in [-0.25, -0.2) is 8.42 Å². The summed E-state index contributed by atoms with van der Waals surface area (Å²) in [5, 5.41) is 25.4. The summed E-state index contributed by atoms with van der Waals surface area (Å²) in [5.41, 5.74) is 3.14. The molecule has 0 radical (unpaired) electrons. The zero-order valence-corrected chi connectivity index (χ0v) is 17.7. The molecule has 0 atom stereocenters. The van der Waals surface area contributed by atoms with Crippen LogP contribution in [0.3, 0.4) is 0 Å². The zero-order chi connectivity index (χ0) is 22.6. The van der Waals surface area contributed by atoms with Crippen LogP contribution >= 0.6 is 11.6 Å². The lowest BCUT2D eigenvalue weighted by atomic mass is 10.1. The van der Waals surface area contributed by atoms with Gasteiger partial charge < -0.3 is 5.11 Å². The van der Waals surface area contributed by atoms with Crippen LogP contribution in [-0.4, -0.2) is 24.2 Å². The lowest BCUT2D eigenvalue weighted by Gasteiger charge is -2.13. The van der Waals surface area contributed by atoms with E-state index in [2.05, 4.69) is 15.2 Å². The van der Waals surface area contributed by atoms with E-state index in [0.717, 1.165) is 12.1 Å². The van der Waals surface area contributed by atoms with Gasteiger partial charge in [-0.15, -0.1) is 0 Å². The van der Waals surface area contributed by atoms with Crippen molar-refractivity contribution in [1.82, 2.24) is 0 Å². The molecule has 0 unspecified atom stereocenters. The number of nitrogens with zero attached hydrogens (tertiary/aromatic N) is 2. The number of nitrogens with one attached hydrogen (secondary N) is 2. The van der Waals surface area contributed by atoms with Gasteiger partial charge in [0, 0.05) is 17.7 Å². The Kier molecular flexibility index (Phi) is 6.42. The number of nitro groups is 1. The fourth-order valence-corrected chi connectivity index (χ4v) is 4.16. The molecule has 3 aromatic rings. The summed E-state index contributed by atoms with van der Waals surface area (Å²) < 4.78 is 28.3. The molecule has 0 saturated heterocycles. The predicted octanol–water partition coefficient (Wildman–Crippen LogP) is 4.59. The molecule has 9 nitrogen and oxygen atoms in total. The van der Waals surface area contributed by atoms with Crippen molar-refractivity contribution in [2.75, 3.05) is 10.1 Å². The summed E-state index contributed by atoms with van der Waals surface area (Å²) in [6.45, 7) is 1.61. The molecule has 0 saturated carbocycles. The molecule has 3 aromatic carbocycles. The van der Waals surface area contributed by atoms with Crippen molar-refractivity contribution in [3.8, 4) is 5.75 Å². The SMILES string of the molecule is CC(=NNc1ccc([N+](=O)[O-])cc1S(=O)(=O)Nc1ccccc1Cl)c1ccccc1O. The lowest BCUT2D eigenvalue weighted by molar-refractivity contribution is -0.385. The van der Waals surface area contributed by atoms with E-state index in [1.165, 1.54) is 24.3 Å². The number of rotatable bonds is 7. The van der Waals surface area contributed by atoms with E-state index in [9.17, 15) is 23.6 Å². The van der Waals surface area contributed by atoms with Crippen LogP contribution in [0, 0.1) is 10.1 Å². The van der Waals surface area contributed by atoms with Crippen LogP contribution in [0.25, 0.3) is 0 Å². The highest BCUT2D eigenvalue weighted by atomic mass is 35.5. The van der Waals surface area contributed by atoms with Crippen molar-refractivity contribution in [2.45, 2.75) is 11.8 Å². The molecule has 3 rings (SSSR count). The van der Waals surface area contributed by atoms with Gasteiger partial charge in [-0.1, -0.05) is 35.9 Å². The Morgan fingerprint density at radius 3 is 2.42 bits per heavy atom. The molecule has 0 aliphatic carbocycles. The summed E-state index contributed by atoms with van der Waals surface area (Å²) in [6, 6.07) is 16.0. The van der Waals surface area contributed by atoms with Gasteiger partial charge in [0.05, 0.1) is 27.0 Å². The Morgan fingerprint density at radius 1 is 1.06 bits per heavy atom. The number of hydrazone groups is 1. The maximum Gasteiger partial charge on any atom is 0.270 e. The Morgan fingerprint density at radius 2 is 1.74 bits per heavy atom. The summed E-state index contributed by atoms with van der Waals surface area (Å²) >= 11 is 6.03. The van der Waals surface area contributed by atoms with Crippen LogP contribution in [0.2, 0.25) is 5.02 Å².